The Morgan fingerprint density at radius 2 is 1.75 bits per heavy atom. The van der Waals surface area contributed by atoms with Crippen molar-refractivity contribution >= 4 is 33.3 Å². The molecule has 104 valence electrons. The number of Topliss-reactive ketones (excluding diaryl/α,β-unsaturated/α-hetero) is 1. The Kier molecular flexibility index (Phi) is 4.51. The Morgan fingerprint density at radius 3 is 2.25 bits per heavy atom. The minimum Gasteiger partial charge on any atom is -0.456 e. The van der Waals surface area contributed by atoms with Gasteiger partial charge in [-0.2, -0.15) is 0 Å². The quantitative estimate of drug-likeness (QED) is 0.660. The molecular formula is C16H14BrClO2. The highest BCUT2D eigenvalue weighted by Gasteiger charge is 2.09. The van der Waals surface area contributed by atoms with Gasteiger partial charge >= 0.3 is 0 Å². The van der Waals surface area contributed by atoms with Crippen LogP contribution in [0.2, 0.25) is 5.02 Å². The van der Waals surface area contributed by atoms with E-state index in [2.05, 4.69) is 15.9 Å². The SMILES string of the molecule is CC(=O)c1ccc(Oc2cc(C)c(Cl)c(C)c2)c(Br)c1. The van der Waals surface area contributed by atoms with Crippen molar-refractivity contribution in [2.75, 3.05) is 0 Å². The normalized spacial score (nSPS) is 10.4. The highest BCUT2D eigenvalue weighted by atomic mass is 79.9. The van der Waals surface area contributed by atoms with E-state index >= 15 is 0 Å². The number of halogens is 2. The smallest absolute Gasteiger partial charge is 0.159 e. The zero-order valence-electron chi connectivity index (χ0n) is 11.5. The first-order valence-corrected chi connectivity index (χ1v) is 7.30. The first-order valence-electron chi connectivity index (χ1n) is 6.13. The molecule has 0 aliphatic rings. The highest BCUT2D eigenvalue weighted by Crippen LogP contribution is 2.33. The molecular weight excluding hydrogens is 340 g/mol. The van der Waals surface area contributed by atoms with E-state index in [0.29, 0.717) is 11.3 Å². The van der Waals surface area contributed by atoms with E-state index in [-0.39, 0.29) is 5.78 Å². The van der Waals surface area contributed by atoms with Crippen molar-refractivity contribution in [2.45, 2.75) is 20.8 Å². The van der Waals surface area contributed by atoms with Crippen LogP contribution in [-0.4, -0.2) is 5.78 Å². The van der Waals surface area contributed by atoms with E-state index in [0.717, 1.165) is 26.4 Å². The van der Waals surface area contributed by atoms with Gasteiger partial charge in [-0.3, -0.25) is 4.79 Å². The number of aryl methyl sites for hydroxylation is 2. The van der Waals surface area contributed by atoms with Crippen LogP contribution in [-0.2, 0) is 0 Å². The van der Waals surface area contributed by atoms with Crippen LogP contribution in [0.3, 0.4) is 0 Å². The fourth-order valence-corrected chi connectivity index (χ4v) is 2.46. The molecule has 0 radical (unpaired) electrons. The summed E-state index contributed by atoms with van der Waals surface area (Å²) < 4.78 is 6.59. The minimum atomic E-state index is 0.0235. The van der Waals surface area contributed by atoms with Crippen molar-refractivity contribution in [3.63, 3.8) is 0 Å². The summed E-state index contributed by atoms with van der Waals surface area (Å²) in [5.41, 5.74) is 2.59. The number of rotatable bonds is 3. The van der Waals surface area contributed by atoms with Gasteiger partial charge in [-0.25, -0.2) is 0 Å². The standard InChI is InChI=1S/C16H14BrClO2/c1-9-6-13(7-10(2)16(9)18)20-15-5-4-12(11(3)19)8-14(15)17/h4-8H,1-3H3. The minimum absolute atomic E-state index is 0.0235. The van der Waals surface area contributed by atoms with Gasteiger partial charge in [0.25, 0.3) is 0 Å². The molecule has 2 aromatic carbocycles. The fourth-order valence-electron chi connectivity index (χ4n) is 1.89. The molecule has 0 amide bonds. The van der Waals surface area contributed by atoms with Crippen molar-refractivity contribution in [3.8, 4) is 11.5 Å². The summed E-state index contributed by atoms with van der Waals surface area (Å²) in [4.78, 5) is 11.3. The maximum Gasteiger partial charge on any atom is 0.159 e. The Morgan fingerprint density at radius 1 is 1.15 bits per heavy atom. The molecule has 0 atom stereocenters. The zero-order valence-corrected chi connectivity index (χ0v) is 13.8. The van der Waals surface area contributed by atoms with Crippen molar-refractivity contribution < 1.29 is 9.53 Å². The summed E-state index contributed by atoms with van der Waals surface area (Å²) in [7, 11) is 0. The lowest BCUT2D eigenvalue weighted by molar-refractivity contribution is 0.101. The summed E-state index contributed by atoms with van der Waals surface area (Å²) in [5.74, 6) is 1.41. The third-order valence-corrected chi connectivity index (χ3v) is 4.19. The molecule has 2 aromatic rings. The third kappa shape index (κ3) is 3.22. The summed E-state index contributed by atoms with van der Waals surface area (Å²) in [6.45, 7) is 5.42. The van der Waals surface area contributed by atoms with E-state index in [1.54, 1.807) is 18.2 Å². The number of ether oxygens (including phenoxy) is 1. The average molecular weight is 354 g/mol. The van der Waals surface area contributed by atoms with Gasteiger partial charge in [0, 0.05) is 10.6 Å². The van der Waals surface area contributed by atoms with Crippen LogP contribution >= 0.6 is 27.5 Å². The van der Waals surface area contributed by atoms with E-state index in [1.807, 2.05) is 26.0 Å². The molecule has 0 saturated heterocycles. The lowest BCUT2D eigenvalue weighted by Gasteiger charge is -2.11. The van der Waals surface area contributed by atoms with Crippen LogP contribution in [0.25, 0.3) is 0 Å². The first-order chi connectivity index (χ1) is 9.38. The molecule has 0 spiro atoms. The van der Waals surface area contributed by atoms with E-state index in [1.165, 1.54) is 6.92 Å². The second kappa shape index (κ2) is 5.98. The first kappa shape index (κ1) is 15.1. The fraction of sp³-hybridized carbons (Fsp3) is 0.188. The molecule has 0 aromatic heterocycles. The topological polar surface area (TPSA) is 26.3 Å². The van der Waals surface area contributed by atoms with Gasteiger partial charge in [0.15, 0.2) is 5.78 Å². The van der Waals surface area contributed by atoms with Crippen molar-refractivity contribution in [1.82, 2.24) is 0 Å². The molecule has 4 heteroatoms. The molecule has 0 saturated carbocycles. The summed E-state index contributed by atoms with van der Waals surface area (Å²) in [6.07, 6.45) is 0. The van der Waals surface area contributed by atoms with E-state index in [9.17, 15) is 4.79 Å². The Bertz CT molecular complexity index is 657. The van der Waals surface area contributed by atoms with Crippen LogP contribution in [0.1, 0.15) is 28.4 Å². The molecule has 2 nitrogen and oxygen atoms in total. The molecule has 0 N–H and O–H groups in total. The van der Waals surface area contributed by atoms with Crippen LogP contribution in [0, 0.1) is 13.8 Å². The van der Waals surface area contributed by atoms with Crippen LogP contribution in [0.15, 0.2) is 34.8 Å². The molecule has 2 rings (SSSR count). The van der Waals surface area contributed by atoms with Crippen molar-refractivity contribution in [3.05, 3.63) is 56.5 Å². The predicted molar refractivity (Wildman–Crippen MR) is 85.1 cm³/mol. The van der Waals surface area contributed by atoms with Gasteiger partial charge in [-0.1, -0.05) is 11.6 Å². The number of hydrogen-bond donors (Lipinski definition) is 0. The van der Waals surface area contributed by atoms with Crippen LogP contribution in [0.4, 0.5) is 0 Å². The van der Waals surface area contributed by atoms with Gasteiger partial charge in [-0.05, 0) is 78.2 Å². The molecule has 0 aliphatic carbocycles. The molecule has 20 heavy (non-hydrogen) atoms. The molecule has 0 fully saturated rings. The summed E-state index contributed by atoms with van der Waals surface area (Å²) in [6, 6.07) is 9.06. The monoisotopic (exact) mass is 352 g/mol. The number of carbonyl (C=O) groups excluding carboxylic acids is 1. The molecule has 0 heterocycles. The van der Waals surface area contributed by atoms with Crippen LogP contribution < -0.4 is 4.74 Å². The summed E-state index contributed by atoms with van der Waals surface area (Å²) >= 11 is 9.56. The van der Waals surface area contributed by atoms with E-state index in [4.69, 9.17) is 16.3 Å². The van der Waals surface area contributed by atoms with Gasteiger partial charge < -0.3 is 4.74 Å². The van der Waals surface area contributed by atoms with E-state index < -0.39 is 0 Å². The molecule has 0 bridgehead atoms. The zero-order chi connectivity index (χ0) is 14.9. The average Bonchev–Trinajstić information content (AvgIpc) is 2.38. The van der Waals surface area contributed by atoms with Gasteiger partial charge in [0.1, 0.15) is 11.5 Å². The van der Waals surface area contributed by atoms with Gasteiger partial charge in [-0.15, -0.1) is 0 Å². The summed E-state index contributed by atoms with van der Waals surface area (Å²) in [5, 5.41) is 0.753. The number of ketones is 1. The van der Waals surface area contributed by atoms with Crippen molar-refractivity contribution in [2.24, 2.45) is 0 Å². The number of benzene rings is 2. The maximum absolute atomic E-state index is 11.3. The Hall–Kier alpha value is -1.32. The number of hydrogen-bond acceptors (Lipinski definition) is 2. The lowest BCUT2D eigenvalue weighted by Crippen LogP contribution is -1.94. The molecule has 0 aliphatic heterocycles. The maximum atomic E-state index is 11.3. The van der Waals surface area contributed by atoms with Gasteiger partial charge in [0.05, 0.1) is 4.47 Å². The lowest BCUT2D eigenvalue weighted by atomic mass is 10.1. The third-order valence-electron chi connectivity index (χ3n) is 2.98. The highest BCUT2D eigenvalue weighted by molar-refractivity contribution is 9.10. The Balaban J connectivity index is 2.33. The predicted octanol–water partition coefficient (Wildman–Crippen LogP) is 5.71. The van der Waals surface area contributed by atoms with Gasteiger partial charge in [0.2, 0.25) is 0 Å². The number of carbonyl (C=O) groups is 1. The molecule has 0 unspecified atom stereocenters. The van der Waals surface area contributed by atoms with Crippen LogP contribution in [0.5, 0.6) is 11.5 Å². The Labute approximate surface area is 131 Å². The second-order valence-corrected chi connectivity index (χ2v) is 5.91. The van der Waals surface area contributed by atoms with Crippen molar-refractivity contribution in [1.29, 1.82) is 0 Å². The second-order valence-electron chi connectivity index (χ2n) is 4.67. The largest absolute Gasteiger partial charge is 0.456 e.